The van der Waals surface area contributed by atoms with Crippen molar-refractivity contribution in [3.8, 4) is 0 Å². The van der Waals surface area contributed by atoms with Crippen molar-refractivity contribution in [3.63, 3.8) is 0 Å². The quantitative estimate of drug-likeness (QED) is 0.624. The number of carbonyl (C=O) groups is 1. The minimum absolute atomic E-state index is 0.195. The van der Waals surface area contributed by atoms with Crippen molar-refractivity contribution in [2.75, 3.05) is 18.4 Å². The van der Waals surface area contributed by atoms with Gasteiger partial charge in [-0.2, -0.15) is 0 Å². The summed E-state index contributed by atoms with van der Waals surface area (Å²) in [4.78, 5) is 28.6. The highest BCUT2D eigenvalue weighted by molar-refractivity contribution is 5.87. The Kier molecular flexibility index (Phi) is 6.21. The standard InChI is InChI=1S/C26H31N5O/c1-18-6-8-21(9-7-18)26(3,4)24(32)31-14-10-20(11-15-31)23-17-22(16-19(2)29-23)30-25-27-12-5-13-28-25/h5-9,12-13,16-17,20H,10-11,14-15H2,1-4H3,(H,27,28,29,30). The van der Waals surface area contributed by atoms with E-state index >= 15 is 0 Å². The maximum Gasteiger partial charge on any atom is 0.232 e. The van der Waals surface area contributed by atoms with Crippen LogP contribution < -0.4 is 5.32 Å². The summed E-state index contributed by atoms with van der Waals surface area (Å²) in [6.07, 6.45) is 5.26. The van der Waals surface area contributed by atoms with Crippen LogP contribution in [0, 0.1) is 13.8 Å². The highest BCUT2D eigenvalue weighted by Gasteiger charge is 2.35. The number of hydrogen-bond donors (Lipinski definition) is 1. The molecule has 166 valence electrons. The Morgan fingerprint density at radius 1 is 1.03 bits per heavy atom. The first-order valence-electron chi connectivity index (χ1n) is 11.2. The van der Waals surface area contributed by atoms with Crippen LogP contribution in [0.1, 0.15) is 55.1 Å². The molecule has 3 aromatic rings. The van der Waals surface area contributed by atoms with Crippen LogP contribution in [0.3, 0.4) is 0 Å². The van der Waals surface area contributed by atoms with Crippen LogP contribution in [-0.4, -0.2) is 38.8 Å². The molecule has 32 heavy (non-hydrogen) atoms. The van der Waals surface area contributed by atoms with Gasteiger partial charge in [0.15, 0.2) is 0 Å². The zero-order valence-corrected chi connectivity index (χ0v) is 19.3. The number of rotatable bonds is 5. The Morgan fingerprint density at radius 2 is 1.69 bits per heavy atom. The van der Waals surface area contributed by atoms with Gasteiger partial charge in [-0.1, -0.05) is 29.8 Å². The first kappa shape index (κ1) is 21.9. The summed E-state index contributed by atoms with van der Waals surface area (Å²) in [5, 5.41) is 3.27. The highest BCUT2D eigenvalue weighted by atomic mass is 16.2. The fraction of sp³-hybridized carbons (Fsp3) is 0.385. The van der Waals surface area contributed by atoms with Gasteiger partial charge in [-0.3, -0.25) is 9.78 Å². The number of hydrogen-bond acceptors (Lipinski definition) is 5. The van der Waals surface area contributed by atoms with Gasteiger partial charge >= 0.3 is 0 Å². The molecular weight excluding hydrogens is 398 g/mol. The van der Waals surface area contributed by atoms with Crippen molar-refractivity contribution in [1.82, 2.24) is 19.9 Å². The molecule has 0 spiro atoms. The minimum Gasteiger partial charge on any atom is -0.342 e. The molecule has 0 radical (unpaired) electrons. The number of amides is 1. The molecule has 0 bridgehead atoms. The van der Waals surface area contributed by atoms with Gasteiger partial charge in [-0.25, -0.2) is 9.97 Å². The number of aromatic nitrogens is 3. The zero-order chi connectivity index (χ0) is 22.7. The molecule has 1 fully saturated rings. The molecule has 1 saturated heterocycles. The molecule has 4 rings (SSSR count). The van der Waals surface area contributed by atoms with Crippen molar-refractivity contribution in [2.24, 2.45) is 0 Å². The lowest BCUT2D eigenvalue weighted by molar-refractivity contribution is -0.137. The van der Waals surface area contributed by atoms with Gasteiger partial charge < -0.3 is 10.2 Å². The molecule has 1 aliphatic rings. The molecule has 6 nitrogen and oxygen atoms in total. The van der Waals surface area contributed by atoms with E-state index in [0.29, 0.717) is 11.9 Å². The van der Waals surface area contributed by atoms with Crippen LogP contribution in [0.2, 0.25) is 0 Å². The molecule has 2 aromatic heterocycles. The van der Waals surface area contributed by atoms with Crippen LogP contribution in [0.15, 0.2) is 54.9 Å². The molecule has 6 heteroatoms. The Labute approximate surface area is 190 Å². The average molecular weight is 430 g/mol. The number of carbonyl (C=O) groups excluding carboxylic acids is 1. The van der Waals surface area contributed by atoms with Crippen LogP contribution in [0.25, 0.3) is 0 Å². The summed E-state index contributed by atoms with van der Waals surface area (Å²) >= 11 is 0. The predicted molar refractivity (Wildman–Crippen MR) is 127 cm³/mol. The second kappa shape index (κ2) is 9.07. The van der Waals surface area contributed by atoms with Crippen molar-refractivity contribution < 1.29 is 4.79 Å². The van der Waals surface area contributed by atoms with E-state index in [2.05, 4.69) is 52.5 Å². The summed E-state index contributed by atoms with van der Waals surface area (Å²) in [6, 6.07) is 14.2. The highest BCUT2D eigenvalue weighted by Crippen LogP contribution is 2.32. The van der Waals surface area contributed by atoms with Crippen LogP contribution in [0.5, 0.6) is 0 Å². The first-order chi connectivity index (χ1) is 15.3. The number of nitrogens with zero attached hydrogens (tertiary/aromatic N) is 4. The third-order valence-electron chi connectivity index (χ3n) is 6.30. The van der Waals surface area contributed by atoms with Crippen LogP contribution in [0.4, 0.5) is 11.6 Å². The molecule has 1 N–H and O–H groups in total. The molecule has 1 aliphatic heterocycles. The largest absolute Gasteiger partial charge is 0.342 e. The summed E-state index contributed by atoms with van der Waals surface area (Å²) in [5.41, 5.74) is 4.70. The maximum atomic E-state index is 13.3. The monoisotopic (exact) mass is 429 g/mol. The Hall–Kier alpha value is -3.28. The zero-order valence-electron chi connectivity index (χ0n) is 19.3. The molecule has 0 atom stereocenters. The van der Waals surface area contributed by atoms with E-state index < -0.39 is 5.41 Å². The van der Waals surface area contributed by atoms with Crippen molar-refractivity contribution in [2.45, 2.75) is 51.9 Å². The maximum absolute atomic E-state index is 13.3. The molecule has 3 heterocycles. The van der Waals surface area contributed by atoms with E-state index in [1.807, 2.05) is 31.7 Å². The van der Waals surface area contributed by atoms with Crippen molar-refractivity contribution >= 4 is 17.5 Å². The van der Waals surface area contributed by atoms with Gasteiger partial charge in [0.1, 0.15) is 0 Å². The molecule has 0 aliphatic carbocycles. The van der Waals surface area contributed by atoms with Gasteiger partial charge in [0, 0.05) is 48.5 Å². The number of nitrogens with one attached hydrogen (secondary N) is 1. The molecule has 0 unspecified atom stereocenters. The van der Waals surface area contributed by atoms with Crippen molar-refractivity contribution in [3.05, 3.63) is 77.4 Å². The number of aryl methyl sites for hydroxylation is 2. The normalized spacial score (nSPS) is 14.9. The van der Waals surface area contributed by atoms with Gasteiger partial charge in [-0.15, -0.1) is 0 Å². The van der Waals surface area contributed by atoms with Crippen LogP contribution >= 0.6 is 0 Å². The molecule has 1 amide bonds. The number of piperidine rings is 1. The van der Waals surface area contributed by atoms with Gasteiger partial charge in [0.05, 0.1) is 5.41 Å². The third-order valence-corrected chi connectivity index (χ3v) is 6.30. The van der Waals surface area contributed by atoms with Gasteiger partial charge in [-0.05, 0) is 64.3 Å². The second-order valence-corrected chi connectivity index (χ2v) is 9.18. The fourth-order valence-corrected chi connectivity index (χ4v) is 4.34. The lowest BCUT2D eigenvalue weighted by Crippen LogP contribution is -2.46. The number of pyridine rings is 1. The lowest BCUT2D eigenvalue weighted by atomic mass is 9.81. The predicted octanol–water partition coefficient (Wildman–Crippen LogP) is 4.92. The summed E-state index contributed by atoms with van der Waals surface area (Å²) in [7, 11) is 0. The van der Waals surface area contributed by atoms with Gasteiger partial charge in [0.25, 0.3) is 0 Å². The van der Waals surface area contributed by atoms with E-state index in [-0.39, 0.29) is 5.91 Å². The average Bonchev–Trinajstić information content (AvgIpc) is 2.79. The molecular formula is C26H31N5O. The number of benzene rings is 1. The molecule has 1 aromatic carbocycles. The Morgan fingerprint density at radius 3 is 2.34 bits per heavy atom. The second-order valence-electron chi connectivity index (χ2n) is 9.18. The van der Waals surface area contributed by atoms with Gasteiger partial charge in [0.2, 0.25) is 11.9 Å². The van der Waals surface area contributed by atoms with E-state index in [0.717, 1.165) is 48.6 Å². The third kappa shape index (κ3) is 4.79. The first-order valence-corrected chi connectivity index (χ1v) is 11.2. The smallest absolute Gasteiger partial charge is 0.232 e. The van der Waals surface area contributed by atoms with E-state index in [9.17, 15) is 4.79 Å². The van der Waals surface area contributed by atoms with E-state index in [1.165, 1.54) is 5.56 Å². The SMILES string of the molecule is Cc1ccc(C(C)(C)C(=O)N2CCC(c3cc(Nc4ncccn4)cc(C)n3)CC2)cc1. The Bertz CT molecular complexity index is 1070. The van der Waals surface area contributed by atoms with Crippen LogP contribution in [-0.2, 0) is 10.2 Å². The van der Waals surface area contributed by atoms with E-state index in [4.69, 9.17) is 4.98 Å². The van der Waals surface area contributed by atoms with E-state index in [1.54, 1.807) is 18.5 Å². The minimum atomic E-state index is -0.533. The topological polar surface area (TPSA) is 71.0 Å². The van der Waals surface area contributed by atoms with Crippen molar-refractivity contribution in [1.29, 1.82) is 0 Å². The molecule has 0 saturated carbocycles. The Balaban J connectivity index is 1.43. The summed E-state index contributed by atoms with van der Waals surface area (Å²) in [6.45, 7) is 9.62. The fourth-order valence-electron chi connectivity index (χ4n) is 4.34. The number of likely N-dealkylation sites (tertiary alicyclic amines) is 1. The summed E-state index contributed by atoms with van der Waals surface area (Å²) < 4.78 is 0. The summed E-state index contributed by atoms with van der Waals surface area (Å²) in [5.74, 6) is 1.10. The lowest BCUT2D eigenvalue weighted by Gasteiger charge is -2.37. The number of anilines is 2.